The molecule has 0 fully saturated rings. The van der Waals surface area contributed by atoms with Gasteiger partial charge in [-0.25, -0.2) is 0 Å². The average molecular weight is 194 g/mol. The van der Waals surface area contributed by atoms with Crippen LogP contribution in [0.4, 0.5) is 0 Å². The first-order valence-corrected chi connectivity index (χ1v) is 5.52. The first kappa shape index (κ1) is 11.3. The summed E-state index contributed by atoms with van der Waals surface area (Å²) in [5, 5.41) is 4.02. The predicted molar refractivity (Wildman–Crippen MR) is 55.5 cm³/mol. The van der Waals surface area contributed by atoms with Crippen LogP contribution in [0, 0.1) is 0 Å². The lowest BCUT2D eigenvalue weighted by Crippen LogP contribution is -2.17. The first-order valence-electron chi connectivity index (χ1n) is 3.80. The summed E-state index contributed by atoms with van der Waals surface area (Å²) in [5.74, 6) is 0. The second kappa shape index (κ2) is 8.44. The third kappa shape index (κ3) is 8.24. The topological polar surface area (TPSA) is 12.0 Å². The van der Waals surface area contributed by atoms with Crippen molar-refractivity contribution in [3.8, 4) is 0 Å². The summed E-state index contributed by atoms with van der Waals surface area (Å²) in [5.41, 5.74) is 1.55. The zero-order chi connectivity index (χ0) is 8.53. The molecule has 0 saturated carbocycles. The van der Waals surface area contributed by atoms with Crippen LogP contribution in [0.25, 0.3) is 0 Å². The monoisotopic (exact) mass is 193 g/mol. The molecule has 1 unspecified atom stereocenters. The van der Waals surface area contributed by atoms with Crippen molar-refractivity contribution >= 4 is 23.4 Å². The SMILES string of the molecule is CSC(C)CCNC/C=C/Cl. The molecule has 0 heterocycles. The zero-order valence-corrected chi connectivity index (χ0v) is 8.71. The molecular weight excluding hydrogens is 178 g/mol. The molecule has 0 bridgehead atoms. The van der Waals surface area contributed by atoms with Gasteiger partial charge in [0.15, 0.2) is 0 Å². The van der Waals surface area contributed by atoms with Crippen molar-refractivity contribution in [2.45, 2.75) is 18.6 Å². The largest absolute Gasteiger partial charge is 0.313 e. The number of rotatable bonds is 6. The van der Waals surface area contributed by atoms with Gasteiger partial charge in [-0.15, -0.1) is 0 Å². The van der Waals surface area contributed by atoms with E-state index in [1.165, 1.54) is 6.42 Å². The molecule has 0 amide bonds. The highest BCUT2D eigenvalue weighted by Gasteiger charge is 1.96. The van der Waals surface area contributed by atoms with Gasteiger partial charge >= 0.3 is 0 Å². The van der Waals surface area contributed by atoms with E-state index >= 15 is 0 Å². The lowest BCUT2D eigenvalue weighted by molar-refractivity contribution is 0.690. The van der Waals surface area contributed by atoms with Gasteiger partial charge in [0, 0.05) is 17.3 Å². The Labute approximate surface area is 78.6 Å². The Morgan fingerprint density at radius 1 is 1.64 bits per heavy atom. The van der Waals surface area contributed by atoms with E-state index in [0.29, 0.717) is 0 Å². The molecule has 66 valence electrons. The van der Waals surface area contributed by atoms with Crippen LogP contribution in [0.15, 0.2) is 11.6 Å². The Morgan fingerprint density at radius 3 is 2.91 bits per heavy atom. The Balaban J connectivity index is 3.01. The third-order valence-corrected chi connectivity index (χ3v) is 2.70. The lowest BCUT2D eigenvalue weighted by Gasteiger charge is -2.06. The van der Waals surface area contributed by atoms with E-state index in [1.54, 1.807) is 5.54 Å². The number of nitrogens with one attached hydrogen (secondary N) is 1. The molecule has 0 aromatic heterocycles. The molecule has 3 heteroatoms. The normalized spacial score (nSPS) is 14.1. The minimum Gasteiger partial charge on any atom is -0.313 e. The molecule has 0 saturated heterocycles. The summed E-state index contributed by atoms with van der Waals surface area (Å²) in [4.78, 5) is 0. The first-order chi connectivity index (χ1) is 5.31. The second-order valence-electron chi connectivity index (χ2n) is 2.40. The van der Waals surface area contributed by atoms with Gasteiger partial charge < -0.3 is 5.32 Å². The minimum absolute atomic E-state index is 0.752. The Morgan fingerprint density at radius 2 is 2.36 bits per heavy atom. The van der Waals surface area contributed by atoms with Gasteiger partial charge in [0.1, 0.15) is 0 Å². The van der Waals surface area contributed by atoms with Crippen molar-refractivity contribution in [1.82, 2.24) is 5.32 Å². The fraction of sp³-hybridized carbons (Fsp3) is 0.750. The zero-order valence-electron chi connectivity index (χ0n) is 7.14. The highest BCUT2D eigenvalue weighted by atomic mass is 35.5. The summed E-state index contributed by atoms with van der Waals surface area (Å²) < 4.78 is 0. The van der Waals surface area contributed by atoms with Gasteiger partial charge in [-0.2, -0.15) is 11.8 Å². The molecule has 0 aromatic rings. The molecule has 0 rings (SSSR count). The molecule has 0 spiro atoms. The molecule has 0 aliphatic rings. The highest BCUT2D eigenvalue weighted by molar-refractivity contribution is 7.99. The maximum atomic E-state index is 5.35. The maximum Gasteiger partial charge on any atom is 0.0146 e. The fourth-order valence-corrected chi connectivity index (χ4v) is 1.10. The second-order valence-corrected chi connectivity index (χ2v) is 3.93. The van der Waals surface area contributed by atoms with Crippen LogP contribution in [0.2, 0.25) is 0 Å². The van der Waals surface area contributed by atoms with Gasteiger partial charge in [-0.1, -0.05) is 24.6 Å². The Kier molecular flexibility index (Phi) is 8.70. The van der Waals surface area contributed by atoms with Crippen LogP contribution in [0.3, 0.4) is 0 Å². The molecule has 11 heavy (non-hydrogen) atoms. The van der Waals surface area contributed by atoms with Gasteiger partial charge in [0.05, 0.1) is 0 Å². The standard InChI is InChI=1S/C8H16ClNS/c1-8(11-2)4-7-10-6-3-5-9/h3,5,8,10H,4,6-7H2,1-2H3/b5-3+. The van der Waals surface area contributed by atoms with Crippen molar-refractivity contribution in [3.05, 3.63) is 11.6 Å². The average Bonchev–Trinajstić information content (AvgIpc) is 2.04. The quantitative estimate of drug-likeness (QED) is 0.651. The van der Waals surface area contributed by atoms with Gasteiger partial charge in [-0.3, -0.25) is 0 Å². The van der Waals surface area contributed by atoms with Crippen LogP contribution in [-0.2, 0) is 0 Å². The van der Waals surface area contributed by atoms with Crippen molar-refractivity contribution in [1.29, 1.82) is 0 Å². The van der Waals surface area contributed by atoms with E-state index in [4.69, 9.17) is 11.6 Å². The van der Waals surface area contributed by atoms with Crippen molar-refractivity contribution in [2.24, 2.45) is 0 Å². The van der Waals surface area contributed by atoms with E-state index in [2.05, 4.69) is 18.5 Å². The lowest BCUT2D eigenvalue weighted by atomic mass is 10.3. The van der Waals surface area contributed by atoms with Crippen molar-refractivity contribution in [2.75, 3.05) is 19.3 Å². The number of halogens is 1. The summed E-state index contributed by atoms with van der Waals surface area (Å²) in [6, 6.07) is 0. The summed E-state index contributed by atoms with van der Waals surface area (Å²) in [6.07, 6.45) is 5.27. The minimum atomic E-state index is 0.752. The molecule has 1 atom stereocenters. The van der Waals surface area contributed by atoms with E-state index in [0.717, 1.165) is 18.3 Å². The molecule has 0 aliphatic carbocycles. The molecular formula is C8H16ClNS. The van der Waals surface area contributed by atoms with Crippen LogP contribution in [-0.4, -0.2) is 24.6 Å². The summed E-state index contributed by atoms with van der Waals surface area (Å²) in [6.45, 7) is 4.19. The van der Waals surface area contributed by atoms with Crippen LogP contribution < -0.4 is 5.32 Å². The summed E-state index contributed by atoms with van der Waals surface area (Å²) in [7, 11) is 0. The fourth-order valence-electron chi connectivity index (χ4n) is 0.653. The van der Waals surface area contributed by atoms with E-state index in [1.807, 2.05) is 17.8 Å². The van der Waals surface area contributed by atoms with E-state index < -0.39 is 0 Å². The van der Waals surface area contributed by atoms with Gasteiger partial charge in [0.25, 0.3) is 0 Å². The predicted octanol–water partition coefficient (Wildman–Crippen LogP) is 2.47. The van der Waals surface area contributed by atoms with E-state index in [9.17, 15) is 0 Å². The molecule has 1 nitrogen and oxygen atoms in total. The number of hydrogen-bond donors (Lipinski definition) is 1. The van der Waals surface area contributed by atoms with Gasteiger partial charge in [-0.05, 0) is 19.2 Å². The Bertz CT molecular complexity index is 106. The van der Waals surface area contributed by atoms with E-state index in [-0.39, 0.29) is 0 Å². The highest BCUT2D eigenvalue weighted by Crippen LogP contribution is 2.07. The summed E-state index contributed by atoms with van der Waals surface area (Å²) >= 11 is 7.25. The van der Waals surface area contributed by atoms with Gasteiger partial charge in [0.2, 0.25) is 0 Å². The number of thioether (sulfide) groups is 1. The Hall–Kier alpha value is 0.340. The van der Waals surface area contributed by atoms with Crippen LogP contribution >= 0.6 is 23.4 Å². The maximum absolute atomic E-state index is 5.35. The molecule has 0 radical (unpaired) electrons. The number of hydrogen-bond acceptors (Lipinski definition) is 2. The van der Waals surface area contributed by atoms with Crippen LogP contribution in [0.5, 0.6) is 0 Å². The van der Waals surface area contributed by atoms with Crippen molar-refractivity contribution in [3.63, 3.8) is 0 Å². The molecule has 0 aromatic carbocycles. The molecule has 1 N–H and O–H groups in total. The van der Waals surface area contributed by atoms with Crippen LogP contribution in [0.1, 0.15) is 13.3 Å². The molecule has 0 aliphatic heterocycles. The third-order valence-electron chi connectivity index (χ3n) is 1.48. The smallest absolute Gasteiger partial charge is 0.0146 e. The van der Waals surface area contributed by atoms with Crippen molar-refractivity contribution < 1.29 is 0 Å².